The van der Waals surface area contributed by atoms with E-state index in [2.05, 4.69) is 0 Å². The van der Waals surface area contributed by atoms with Gasteiger partial charge in [-0.3, -0.25) is 4.79 Å². The number of carboxylic acids is 1. The number of halogens is 2. The number of aliphatic carboxylic acids is 1. The summed E-state index contributed by atoms with van der Waals surface area (Å²) >= 11 is 0. The highest BCUT2D eigenvalue weighted by Crippen LogP contribution is 2.41. The Morgan fingerprint density at radius 1 is 1.33 bits per heavy atom. The molecule has 1 heterocycles. The third kappa shape index (κ3) is 2.87. The Hall–Kier alpha value is -0.720. The molecular weight excluding hydrogens is 230 g/mol. The molecule has 0 spiro atoms. The van der Waals surface area contributed by atoms with Crippen LogP contribution in [0.5, 0.6) is 0 Å². The molecule has 1 rings (SSSR count). The molecule has 0 atom stereocenters. The van der Waals surface area contributed by atoms with Crippen LogP contribution in [-0.4, -0.2) is 37.4 Å². The van der Waals surface area contributed by atoms with E-state index in [0.717, 1.165) is 0 Å². The average molecular weight is 242 g/mol. The third-order valence-electron chi connectivity index (χ3n) is 2.79. The van der Waals surface area contributed by atoms with Gasteiger partial charge in [0.1, 0.15) is 9.84 Å². The van der Waals surface area contributed by atoms with Crippen molar-refractivity contribution >= 4 is 15.8 Å². The molecule has 1 saturated heterocycles. The Bertz CT molecular complexity index is 336. The van der Waals surface area contributed by atoms with Gasteiger partial charge < -0.3 is 5.11 Å². The van der Waals surface area contributed by atoms with Crippen molar-refractivity contribution in [2.75, 3.05) is 11.5 Å². The van der Waals surface area contributed by atoms with Gasteiger partial charge in [0.15, 0.2) is 0 Å². The van der Waals surface area contributed by atoms with Crippen LogP contribution in [0.1, 0.15) is 19.3 Å². The number of alkyl halides is 2. The van der Waals surface area contributed by atoms with Crippen LogP contribution in [0.4, 0.5) is 8.78 Å². The summed E-state index contributed by atoms with van der Waals surface area (Å²) in [6.07, 6.45) is -3.98. The van der Waals surface area contributed by atoms with Gasteiger partial charge >= 0.3 is 5.97 Å². The van der Waals surface area contributed by atoms with Gasteiger partial charge in [-0.15, -0.1) is 0 Å². The Labute approximate surface area is 86.2 Å². The van der Waals surface area contributed by atoms with E-state index in [1.54, 1.807) is 0 Å². The molecule has 88 valence electrons. The molecule has 0 amide bonds. The monoisotopic (exact) mass is 242 g/mol. The second kappa shape index (κ2) is 4.03. The average Bonchev–Trinajstić information content (AvgIpc) is 2.08. The van der Waals surface area contributed by atoms with Crippen LogP contribution < -0.4 is 0 Å². The molecule has 1 aliphatic heterocycles. The second-order valence-electron chi connectivity index (χ2n) is 3.89. The molecule has 4 nitrogen and oxygen atoms in total. The van der Waals surface area contributed by atoms with Gasteiger partial charge in [-0.2, -0.15) is 0 Å². The van der Waals surface area contributed by atoms with Crippen molar-refractivity contribution in [2.24, 2.45) is 5.41 Å². The lowest BCUT2D eigenvalue weighted by Crippen LogP contribution is -2.40. The van der Waals surface area contributed by atoms with Crippen molar-refractivity contribution in [3.63, 3.8) is 0 Å². The molecule has 0 bridgehead atoms. The zero-order valence-corrected chi connectivity index (χ0v) is 8.77. The predicted octanol–water partition coefficient (Wildman–Crippen LogP) is 0.921. The van der Waals surface area contributed by atoms with Gasteiger partial charge in [0, 0.05) is 5.41 Å². The number of carbonyl (C=O) groups is 1. The minimum Gasteiger partial charge on any atom is -0.481 e. The molecule has 0 saturated carbocycles. The van der Waals surface area contributed by atoms with E-state index in [-0.39, 0.29) is 24.3 Å². The quantitative estimate of drug-likeness (QED) is 0.798. The second-order valence-corrected chi connectivity index (χ2v) is 6.19. The fourth-order valence-corrected chi connectivity index (χ4v) is 3.36. The molecule has 0 radical (unpaired) electrons. The molecular formula is C8H12F2O4S. The highest BCUT2D eigenvalue weighted by Gasteiger charge is 2.46. The molecule has 0 aromatic heterocycles. The lowest BCUT2D eigenvalue weighted by atomic mass is 9.79. The van der Waals surface area contributed by atoms with Crippen LogP contribution in [-0.2, 0) is 14.6 Å². The number of rotatable bonds is 3. The van der Waals surface area contributed by atoms with Crippen molar-refractivity contribution in [2.45, 2.75) is 25.7 Å². The lowest BCUT2D eigenvalue weighted by molar-refractivity contribution is -0.144. The summed E-state index contributed by atoms with van der Waals surface area (Å²) in [5.74, 6) is -2.00. The largest absolute Gasteiger partial charge is 0.481 e. The molecule has 0 aliphatic carbocycles. The number of sulfone groups is 1. The van der Waals surface area contributed by atoms with Crippen molar-refractivity contribution < 1.29 is 27.1 Å². The summed E-state index contributed by atoms with van der Waals surface area (Å²) in [4.78, 5) is 10.5. The van der Waals surface area contributed by atoms with Crippen LogP contribution in [0.2, 0.25) is 0 Å². The van der Waals surface area contributed by atoms with E-state index in [1.807, 2.05) is 0 Å². The van der Waals surface area contributed by atoms with E-state index in [4.69, 9.17) is 5.11 Å². The highest BCUT2D eigenvalue weighted by molar-refractivity contribution is 7.91. The lowest BCUT2D eigenvalue weighted by Gasteiger charge is -2.34. The molecule has 0 unspecified atom stereocenters. The van der Waals surface area contributed by atoms with Gasteiger partial charge in [0.05, 0.1) is 17.9 Å². The van der Waals surface area contributed by atoms with Crippen LogP contribution >= 0.6 is 0 Å². The first-order valence-electron chi connectivity index (χ1n) is 4.48. The Morgan fingerprint density at radius 2 is 1.80 bits per heavy atom. The summed E-state index contributed by atoms with van der Waals surface area (Å²) in [6, 6.07) is 0. The molecule has 15 heavy (non-hydrogen) atoms. The van der Waals surface area contributed by atoms with Gasteiger partial charge in [-0.1, -0.05) is 0 Å². The Balaban J connectivity index is 2.82. The summed E-state index contributed by atoms with van der Waals surface area (Å²) in [5, 5.41) is 8.53. The fourth-order valence-electron chi connectivity index (χ4n) is 1.72. The van der Waals surface area contributed by atoms with Gasteiger partial charge in [0.25, 0.3) is 0 Å². The highest BCUT2D eigenvalue weighted by atomic mass is 32.2. The van der Waals surface area contributed by atoms with Crippen molar-refractivity contribution in [3.8, 4) is 0 Å². The smallest absolute Gasteiger partial charge is 0.304 e. The Kier molecular flexibility index (Phi) is 3.32. The maximum atomic E-state index is 12.7. The fraction of sp³-hybridized carbons (Fsp3) is 0.875. The van der Waals surface area contributed by atoms with Crippen molar-refractivity contribution in [1.82, 2.24) is 0 Å². The normalized spacial score (nSPS) is 23.9. The molecule has 1 fully saturated rings. The first kappa shape index (κ1) is 12.4. The summed E-state index contributed by atoms with van der Waals surface area (Å²) in [6.45, 7) is 0. The Morgan fingerprint density at radius 3 is 2.13 bits per heavy atom. The maximum absolute atomic E-state index is 12.7. The van der Waals surface area contributed by atoms with Gasteiger partial charge in [-0.05, 0) is 12.8 Å². The molecule has 7 heteroatoms. The van der Waals surface area contributed by atoms with E-state index in [1.165, 1.54) is 0 Å². The van der Waals surface area contributed by atoms with E-state index < -0.39 is 34.1 Å². The topological polar surface area (TPSA) is 71.4 Å². The van der Waals surface area contributed by atoms with Crippen molar-refractivity contribution in [3.05, 3.63) is 0 Å². The minimum absolute atomic E-state index is 0.265. The van der Waals surface area contributed by atoms with E-state index >= 15 is 0 Å². The van der Waals surface area contributed by atoms with Crippen LogP contribution in [0.3, 0.4) is 0 Å². The zero-order valence-electron chi connectivity index (χ0n) is 7.95. The van der Waals surface area contributed by atoms with Gasteiger partial charge in [-0.25, -0.2) is 17.2 Å². The number of hydrogen-bond donors (Lipinski definition) is 1. The predicted molar refractivity (Wildman–Crippen MR) is 48.6 cm³/mol. The molecule has 0 aromatic carbocycles. The van der Waals surface area contributed by atoms with Crippen molar-refractivity contribution in [1.29, 1.82) is 0 Å². The summed E-state index contributed by atoms with van der Waals surface area (Å²) in [5.41, 5.74) is -1.66. The zero-order chi connectivity index (χ0) is 11.7. The first-order valence-corrected chi connectivity index (χ1v) is 6.30. The summed E-state index contributed by atoms with van der Waals surface area (Å²) in [7, 11) is -3.25. The molecule has 1 N–H and O–H groups in total. The van der Waals surface area contributed by atoms with Crippen LogP contribution in [0.25, 0.3) is 0 Å². The standard InChI is InChI=1S/C8H12F2O4S/c9-7(10)8(5-6(11)12)1-3-15(13,14)4-2-8/h7H,1-5H2,(H,11,12). The minimum atomic E-state index is -3.25. The van der Waals surface area contributed by atoms with Gasteiger partial charge in [0.2, 0.25) is 6.43 Å². The number of carboxylic acid groups (broad SMARTS) is 1. The van der Waals surface area contributed by atoms with E-state index in [0.29, 0.717) is 0 Å². The summed E-state index contributed by atoms with van der Waals surface area (Å²) < 4.78 is 47.6. The third-order valence-corrected chi connectivity index (χ3v) is 4.44. The maximum Gasteiger partial charge on any atom is 0.304 e. The van der Waals surface area contributed by atoms with E-state index in [9.17, 15) is 22.0 Å². The van der Waals surface area contributed by atoms with Crippen LogP contribution in [0.15, 0.2) is 0 Å². The van der Waals surface area contributed by atoms with Crippen LogP contribution in [0, 0.1) is 5.41 Å². The first-order chi connectivity index (χ1) is 6.77. The molecule has 1 aliphatic rings. The number of hydrogen-bond acceptors (Lipinski definition) is 3. The SMILES string of the molecule is O=C(O)CC1(C(F)F)CCS(=O)(=O)CC1. The molecule has 0 aromatic rings.